The van der Waals surface area contributed by atoms with Crippen molar-refractivity contribution in [1.82, 2.24) is 9.80 Å². The van der Waals surface area contributed by atoms with Crippen molar-refractivity contribution in [3.63, 3.8) is 0 Å². The van der Waals surface area contributed by atoms with Gasteiger partial charge in [-0.05, 0) is 30.7 Å². The van der Waals surface area contributed by atoms with Crippen molar-refractivity contribution < 1.29 is 55.6 Å². The minimum Gasteiger partial charge on any atom is -0.475 e. The highest BCUT2D eigenvalue weighted by Crippen LogP contribution is 2.36. The molecule has 1 aromatic carbocycles. The molecule has 0 radical (unpaired) electrons. The van der Waals surface area contributed by atoms with Crippen LogP contribution >= 0.6 is 0 Å². The Kier molecular flexibility index (Phi) is 12.5. The average Bonchev–Trinajstić information content (AvgIpc) is 3.57. The molecule has 3 aliphatic rings. The first-order chi connectivity index (χ1) is 18.2. The number of carboxylic acids is 2. The van der Waals surface area contributed by atoms with Crippen LogP contribution in [0, 0.1) is 11.8 Å². The lowest BCUT2D eigenvalue weighted by atomic mass is 9.89. The van der Waals surface area contributed by atoms with E-state index in [9.17, 15) is 26.3 Å². The molecule has 0 bridgehead atoms. The maximum atomic E-state index is 10.6. The van der Waals surface area contributed by atoms with Crippen LogP contribution in [0.1, 0.15) is 24.8 Å². The van der Waals surface area contributed by atoms with Gasteiger partial charge in [-0.1, -0.05) is 30.3 Å². The third-order valence-corrected chi connectivity index (χ3v) is 6.69. The summed E-state index contributed by atoms with van der Waals surface area (Å²) in [5.41, 5.74) is 1.26. The monoisotopic (exact) mass is 572 g/mol. The predicted octanol–water partition coefficient (Wildman–Crippen LogP) is 3.90. The number of alkyl halides is 6. The predicted molar refractivity (Wildman–Crippen MR) is 127 cm³/mol. The van der Waals surface area contributed by atoms with Gasteiger partial charge in [-0.25, -0.2) is 9.59 Å². The molecule has 1 saturated carbocycles. The topological polar surface area (TPSA) is 99.5 Å². The van der Waals surface area contributed by atoms with E-state index < -0.39 is 24.3 Å². The number of hydrogen-bond acceptors (Lipinski definition) is 6. The molecule has 8 nitrogen and oxygen atoms in total. The number of rotatable bonds is 8. The van der Waals surface area contributed by atoms with Gasteiger partial charge in [0.05, 0.1) is 19.3 Å². The molecule has 0 aromatic heterocycles. The number of methoxy groups -OCH3 is 1. The number of aliphatic carboxylic acids is 2. The summed E-state index contributed by atoms with van der Waals surface area (Å²) < 4.78 is 75.2. The Labute approximate surface area is 222 Å². The third kappa shape index (κ3) is 11.7. The molecule has 3 atom stereocenters. The van der Waals surface area contributed by atoms with E-state index in [1.807, 2.05) is 7.11 Å². The van der Waals surface area contributed by atoms with E-state index in [2.05, 4.69) is 40.1 Å². The molecular weight excluding hydrogens is 538 g/mol. The molecule has 1 aromatic rings. The Morgan fingerprint density at radius 2 is 1.51 bits per heavy atom. The Hall–Kier alpha value is -2.42. The van der Waals surface area contributed by atoms with Gasteiger partial charge in [0.25, 0.3) is 0 Å². The SMILES string of the molecule is CO[C@@H]1CCN(CCOCc2ccccc2)[C@@H]2CN(CC3CC3)C[C@@H]21.O=C(O)C(F)(F)F.O=C(O)C(F)(F)F. The number of nitrogens with zero attached hydrogens (tertiary/aromatic N) is 2. The molecule has 0 unspecified atom stereocenters. The highest BCUT2D eigenvalue weighted by atomic mass is 19.4. The van der Waals surface area contributed by atoms with Crippen LogP contribution in [0.15, 0.2) is 30.3 Å². The molecule has 2 heterocycles. The van der Waals surface area contributed by atoms with Gasteiger partial charge in [-0.3, -0.25) is 4.90 Å². The fourth-order valence-corrected chi connectivity index (χ4v) is 4.65. The Bertz CT molecular complexity index is 873. The van der Waals surface area contributed by atoms with Crippen LogP contribution in [0.3, 0.4) is 0 Å². The van der Waals surface area contributed by atoms with Gasteiger partial charge < -0.3 is 24.6 Å². The van der Waals surface area contributed by atoms with Crippen LogP contribution in [-0.2, 0) is 25.7 Å². The molecule has 2 saturated heterocycles. The first kappa shape index (κ1) is 32.8. The number of piperidine rings is 1. The second-order valence-corrected chi connectivity index (χ2v) is 9.64. The van der Waals surface area contributed by atoms with E-state index in [1.165, 1.54) is 38.0 Å². The molecule has 0 amide bonds. The van der Waals surface area contributed by atoms with Crippen molar-refractivity contribution in [1.29, 1.82) is 0 Å². The smallest absolute Gasteiger partial charge is 0.475 e. The maximum Gasteiger partial charge on any atom is 0.490 e. The molecule has 39 heavy (non-hydrogen) atoms. The molecule has 2 N–H and O–H groups in total. The summed E-state index contributed by atoms with van der Waals surface area (Å²) in [4.78, 5) is 23.2. The van der Waals surface area contributed by atoms with Crippen molar-refractivity contribution in [3.05, 3.63) is 35.9 Å². The molecule has 2 aliphatic heterocycles. The van der Waals surface area contributed by atoms with E-state index in [-0.39, 0.29) is 0 Å². The molecule has 14 heteroatoms. The second kappa shape index (κ2) is 14.8. The summed E-state index contributed by atoms with van der Waals surface area (Å²) in [6.07, 6.45) is -5.68. The van der Waals surface area contributed by atoms with Crippen molar-refractivity contribution in [2.75, 3.05) is 46.4 Å². The number of halogens is 6. The summed E-state index contributed by atoms with van der Waals surface area (Å²) in [7, 11) is 1.89. The van der Waals surface area contributed by atoms with Gasteiger partial charge in [0.15, 0.2) is 0 Å². The van der Waals surface area contributed by atoms with Crippen LogP contribution in [0.5, 0.6) is 0 Å². The van der Waals surface area contributed by atoms with Crippen LogP contribution in [0.25, 0.3) is 0 Å². The zero-order valence-corrected chi connectivity index (χ0v) is 21.5. The number of hydrogen-bond donors (Lipinski definition) is 2. The first-order valence-corrected chi connectivity index (χ1v) is 12.4. The van der Waals surface area contributed by atoms with Crippen LogP contribution in [0.4, 0.5) is 26.3 Å². The van der Waals surface area contributed by atoms with E-state index in [1.54, 1.807) is 0 Å². The molecular formula is C25H34F6N2O6. The maximum absolute atomic E-state index is 10.6. The summed E-state index contributed by atoms with van der Waals surface area (Å²) in [5.74, 6) is -3.87. The zero-order chi connectivity index (χ0) is 29.2. The number of carbonyl (C=O) groups is 2. The highest BCUT2D eigenvalue weighted by molar-refractivity contribution is 5.73. The Morgan fingerprint density at radius 1 is 0.949 bits per heavy atom. The normalized spacial score (nSPS) is 23.6. The molecule has 1 aliphatic carbocycles. The van der Waals surface area contributed by atoms with E-state index in [4.69, 9.17) is 29.3 Å². The van der Waals surface area contributed by atoms with Gasteiger partial charge in [-0.15, -0.1) is 0 Å². The number of fused-ring (bicyclic) bond motifs is 1. The van der Waals surface area contributed by atoms with E-state index >= 15 is 0 Å². The third-order valence-electron chi connectivity index (χ3n) is 6.69. The van der Waals surface area contributed by atoms with E-state index in [0.29, 0.717) is 18.1 Å². The van der Waals surface area contributed by atoms with E-state index in [0.717, 1.165) is 38.6 Å². The molecule has 3 fully saturated rings. The first-order valence-electron chi connectivity index (χ1n) is 12.4. The lowest BCUT2D eigenvalue weighted by Crippen LogP contribution is -2.52. The number of likely N-dealkylation sites (tertiary alicyclic amines) is 2. The van der Waals surface area contributed by atoms with Crippen LogP contribution < -0.4 is 0 Å². The second-order valence-electron chi connectivity index (χ2n) is 9.64. The van der Waals surface area contributed by atoms with Crippen LogP contribution in [0.2, 0.25) is 0 Å². The molecule has 222 valence electrons. The number of carboxylic acid groups (broad SMARTS) is 2. The number of benzene rings is 1. The molecule has 0 spiro atoms. The number of ether oxygens (including phenoxy) is 2. The fourth-order valence-electron chi connectivity index (χ4n) is 4.65. The average molecular weight is 573 g/mol. The lowest BCUT2D eigenvalue weighted by Gasteiger charge is -2.41. The summed E-state index contributed by atoms with van der Waals surface area (Å²) in [5, 5.41) is 14.2. The van der Waals surface area contributed by atoms with Crippen molar-refractivity contribution in [3.8, 4) is 0 Å². The quantitative estimate of drug-likeness (QED) is 0.358. The van der Waals surface area contributed by atoms with Crippen LogP contribution in [-0.4, -0.2) is 103 Å². The largest absolute Gasteiger partial charge is 0.490 e. The lowest BCUT2D eigenvalue weighted by molar-refractivity contribution is -0.193. The van der Waals surface area contributed by atoms with Gasteiger partial charge in [-0.2, -0.15) is 26.3 Å². The Morgan fingerprint density at radius 3 is 2.00 bits per heavy atom. The summed E-state index contributed by atoms with van der Waals surface area (Å²) >= 11 is 0. The van der Waals surface area contributed by atoms with Crippen molar-refractivity contribution in [2.24, 2.45) is 11.8 Å². The van der Waals surface area contributed by atoms with Gasteiger partial charge in [0, 0.05) is 51.8 Å². The van der Waals surface area contributed by atoms with Crippen molar-refractivity contribution in [2.45, 2.75) is 50.4 Å². The minimum absolute atomic E-state index is 0.440. The summed E-state index contributed by atoms with van der Waals surface area (Å²) in [6.45, 7) is 7.48. The Balaban J connectivity index is 0.000000317. The minimum atomic E-state index is -5.08. The fraction of sp³-hybridized carbons (Fsp3) is 0.680. The van der Waals surface area contributed by atoms with Gasteiger partial charge in [0.2, 0.25) is 0 Å². The zero-order valence-electron chi connectivity index (χ0n) is 21.5. The standard InChI is InChI=1S/C21H32N2O2.2C2HF3O2/c1-24-21-9-10-23(11-12-25-16-18-5-3-2-4-6-18)20-15-22(14-19(20)21)13-17-7-8-17;2*3-2(4,5)1(6)7/h2-6,17,19-21H,7-16H2,1H3;2*(H,6,7)/t19-,20+,21+;;/m0../s1. The van der Waals surface area contributed by atoms with Crippen molar-refractivity contribution >= 4 is 11.9 Å². The van der Waals surface area contributed by atoms with Gasteiger partial charge in [0.1, 0.15) is 0 Å². The van der Waals surface area contributed by atoms with Gasteiger partial charge >= 0.3 is 24.3 Å². The highest BCUT2D eigenvalue weighted by Gasteiger charge is 2.45. The summed E-state index contributed by atoms with van der Waals surface area (Å²) in [6, 6.07) is 11.1. The molecule has 4 rings (SSSR count).